The van der Waals surface area contributed by atoms with Gasteiger partial charge in [0.15, 0.2) is 0 Å². The lowest BCUT2D eigenvalue weighted by molar-refractivity contribution is -0.250. The second-order valence-corrected chi connectivity index (χ2v) is 10.5. The molecular weight excluding hydrogens is 519 g/mol. The fourth-order valence-corrected chi connectivity index (χ4v) is 5.50. The van der Waals surface area contributed by atoms with Crippen molar-refractivity contribution in [2.24, 2.45) is 5.11 Å². The molecule has 1 aromatic rings. The van der Waals surface area contributed by atoms with Crippen molar-refractivity contribution in [1.82, 2.24) is 9.55 Å². The van der Waals surface area contributed by atoms with E-state index in [0.717, 1.165) is 4.57 Å². The van der Waals surface area contributed by atoms with E-state index in [4.69, 9.17) is 19.9 Å². The molecule has 1 aromatic heterocycles. The number of aromatic nitrogens is 2. The lowest BCUT2D eigenvalue weighted by Gasteiger charge is -2.33. The van der Waals surface area contributed by atoms with Crippen LogP contribution in [0.2, 0.25) is 0 Å². The van der Waals surface area contributed by atoms with Gasteiger partial charge in [0.05, 0.1) is 12.7 Å². The van der Waals surface area contributed by atoms with Crippen molar-refractivity contribution in [2.75, 3.05) is 13.3 Å². The summed E-state index contributed by atoms with van der Waals surface area (Å²) in [7, 11) is -17.8. The average Bonchev–Trinajstić information content (AvgIpc) is 3.03. The van der Waals surface area contributed by atoms with Gasteiger partial charge in [-0.3, -0.25) is 28.0 Å². The quantitative estimate of drug-likeness (QED) is 0.137. The van der Waals surface area contributed by atoms with Gasteiger partial charge in [0, 0.05) is 23.1 Å². The Hall–Kier alpha value is -1.68. The Bertz CT molecular complexity index is 1170. The number of azide groups is 1. The van der Waals surface area contributed by atoms with Crippen LogP contribution in [0.5, 0.6) is 0 Å². The van der Waals surface area contributed by atoms with Gasteiger partial charge in [0.2, 0.25) is 0 Å². The van der Waals surface area contributed by atoms with Gasteiger partial charge in [-0.25, -0.2) is 13.4 Å². The average molecular weight is 534 g/mol. The topological polar surface area (TPSA) is 290 Å². The number of nitrogens with one attached hydrogen (secondary N) is 1. The number of hydrogen-bond donors (Lipinski definition) is 2. The third kappa shape index (κ3) is 8.55. The molecule has 0 saturated carbocycles. The summed E-state index contributed by atoms with van der Waals surface area (Å²) in [5.74, 6) is 0. The molecule has 33 heavy (non-hydrogen) atoms. The number of aryl methyl sites for hydroxylation is 1. The minimum atomic E-state index is -6.09. The highest BCUT2D eigenvalue weighted by Crippen LogP contribution is 2.61. The Morgan fingerprint density at radius 2 is 1.97 bits per heavy atom. The molecule has 0 spiro atoms. The summed E-state index contributed by atoms with van der Waals surface area (Å²) >= 11 is 0. The Kier molecular flexibility index (Phi) is 8.95. The maximum atomic E-state index is 12.1. The van der Waals surface area contributed by atoms with Gasteiger partial charge >= 0.3 is 5.69 Å². The van der Waals surface area contributed by atoms with Gasteiger partial charge in [0.25, 0.3) is 29.0 Å². The van der Waals surface area contributed by atoms with Crippen molar-refractivity contribution >= 4 is 23.5 Å². The van der Waals surface area contributed by atoms with Crippen molar-refractivity contribution in [3.8, 4) is 0 Å². The predicted molar refractivity (Wildman–Crippen MR) is 96.6 cm³/mol. The maximum absolute atomic E-state index is 12.1. The van der Waals surface area contributed by atoms with E-state index in [1.54, 1.807) is 0 Å². The maximum Gasteiger partial charge on any atom is 0.330 e. The molecule has 0 aliphatic carbocycles. The minimum absolute atomic E-state index is 0.128. The number of phosphoric acid groups is 3. The first-order valence-corrected chi connectivity index (χ1v) is 12.9. The first kappa shape index (κ1) is 27.6. The van der Waals surface area contributed by atoms with Crippen LogP contribution in [0.1, 0.15) is 18.2 Å². The first-order chi connectivity index (χ1) is 15.1. The van der Waals surface area contributed by atoms with E-state index in [1.807, 2.05) is 4.98 Å². The zero-order chi connectivity index (χ0) is 25.0. The lowest BCUT2D eigenvalue weighted by Crippen LogP contribution is -2.33. The lowest BCUT2D eigenvalue weighted by atomic mass is 10.2. The van der Waals surface area contributed by atoms with Crippen molar-refractivity contribution in [3.63, 3.8) is 0 Å². The molecule has 2 N–H and O–H groups in total. The van der Waals surface area contributed by atoms with Crippen molar-refractivity contribution < 1.29 is 55.9 Å². The van der Waals surface area contributed by atoms with Gasteiger partial charge in [-0.2, -0.15) is 0 Å². The highest BCUT2D eigenvalue weighted by molar-refractivity contribution is 7.65. The highest BCUT2D eigenvalue weighted by Gasteiger charge is 2.39. The molecule has 0 radical (unpaired) electrons. The Labute approximate surface area is 182 Å². The van der Waals surface area contributed by atoms with E-state index in [2.05, 4.69) is 23.2 Å². The molecule has 1 saturated heterocycles. The van der Waals surface area contributed by atoms with Gasteiger partial charge in [-0.15, -0.1) is 0 Å². The summed E-state index contributed by atoms with van der Waals surface area (Å²) in [5.41, 5.74) is 6.98. The van der Waals surface area contributed by atoms with Crippen LogP contribution in [0.15, 0.2) is 20.9 Å². The molecule has 0 aromatic carbocycles. The largest absolute Gasteiger partial charge is 0.756 e. The van der Waals surface area contributed by atoms with E-state index in [-0.39, 0.29) is 12.0 Å². The molecule has 186 valence electrons. The number of ether oxygens (including phenoxy) is 2. The van der Waals surface area contributed by atoms with Crippen molar-refractivity contribution in [2.45, 2.75) is 31.8 Å². The molecule has 1 fully saturated rings. The molecule has 1 aliphatic rings. The van der Waals surface area contributed by atoms with E-state index >= 15 is 0 Å². The van der Waals surface area contributed by atoms with E-state index in [1.165, 1.54) is 13.1 Å². The number of phosphoric ester groups is 1. The van der Waals surface area contributed by atoms with E-state index in [0.29, 0.717) is 0 Å². The summed E-state index contributed by atoms with van der Waals surface area (Å²) in [5, 5.41) is 3.13. The monoisotopic (exact) mass is 534 g/mol. The van der Waals surface area contributed by atoms with Gasteiger partial charge in [-0.1, -0.05) is 5.11 Å². The first-order valence-electron chi connectivity index (χ1n) is 8.45. The smallest absolute Gasteiger partial charge is 0.330 e. The summed E-state index contributed by atoms with van der Waals surface area (Å²) in [6.45, 7) is -0.0947. The van der Waals surface area contributed by atoms with Crippen LogP contribution in [-0.2, 0) is 36.3 Å². The van der Waals surface area contributed by atoms with Crippen LogP contribution < -0.4 is 25.9 Å². The number of rotatable bonds is 11. The Morgan fingerprint density at radius 1 is 1.30 bits per heavy atom. The number of H-pyrrole nitrogens is 1. The Morgan fingerprint density at radius 3 is 2.58 bits per heavy atom. The van der Waals surface area contributed by atoms with Gasteiger partial charge in [-0.05, 0) is 12.5 Å². The molecule has 19 nitrogen and oxygen atoms in total. The predicted octanol–water partition coefficient (Wildman–Crippen LogP) is -1.77. The van der Waals surface area contributed by atoms with E-state index < -0.39 is 66.5 Å². The summed E-state index contributed by atoms with van der Waals surface area (Å²) < 4.78 is 56.2. The molecule has 1 aliphatic heterocycles. The molecule has 6 atom stereocenters. The highest BCUT2D eigenvalue weighted by atomic mass is 31.3. The zero-order valence-corrected chi connectivity index (χ0v) is 19.0. The number of hydrogen-bond acceptors (Lipinski definition) is 14. The third-order valence-corrected chi connectivity index (χ3v) is 7.54. The molecule has 0 amide bonds. The summed E-state index contributed by atoms with van der Waals surface area (Å²) in [4.78, 5) is 69.9. The van der Waals surface area contributed by atoms with Crippen LogP contribution in [0.4, 0.5) is 0 Å². The Balaban J connectivity index is 2.16. The number of nitrogens with zero attached hydrogens (tertiary/aromatic N) is 4. The number of aromatic amines is 1. The van der Waals surface area contributed by atoms with Crippen molar-refractivity contribution in [3.05, 3.63) is 43.0 Å². The molecule has 3 unspecified atom stereocenters. The SMILES string of the molecule is Cc1cn([C@H]2C[C@@H](OCN=[N+]=[N-])[C@@H](COP(=O)([O-])OP(=O)([O-])OP(=O)([O-])O)O2)c(=O)[nH]c1=O. The second kappa shape index (κ2) is 10.7. The molecular formula is C11H15N5O14P3-3. The molecule has 22 heteroatoms. The van der Waals surface area contributed by atoms with Crippen LogP contribution in [0.25, 0.3) is 10.4 Å². The molecule has 2 rings (SSSR count). The van der Waals surface area contributed by atoms with Gasteiger partial charge < -0.3 is 33.6 Å². The van der Waals surface area contributed by atoms with Crippen molar-refractivity contribution in [1.29, 1.82) is 0 Å². The van der Waals surface area contributed by atoms with Crippen LogP contribution >= 0.6 is 23.5 Å². The molecule has 0 bridgehead atoms. The fourth-order valence-electron chi connectivity index (χ4n) is 2.60. The standard InChI is InChI=1S/C11H18N5O14P3/c1-6-3-16(11(18)14-10(6)17)9-2-7(26-5-13-15-12)8(28-9)4-27-32(22,23)30-33(24,25)29-31(19,20)21/h3,7-9H,2,4-5H2,1H3,(H,22,23)(H,24,25)(H,14,17,18)(H2,19,20,21)/p-3/t7-,8-,9-/m1/s1. The third-order valence-electron chi connectivity index (χ3n) is 3.85. The van der Waals surface area contributed by atoms with Crippen LogP contribution in [0.3, 0.4) is 0 Å². The summed E-state index contributed by atoms with van der Waals surface area (Å²) in [6, 6.07) is 0. The van der Waals surface area contributed by atoms with Gasteiger partial charge in [0.1, 0.15) is 19.1 Å². The normalized spacial score (nSPS) is 26.0. The minimum Gasteiger partial charge on any atom is -0.756 e. The molecule has 2 heterocycles. The van der Waals surface area contributed by atoms with Crippen LogP contribution in [-0.4, -0.2) is 40.0 Å². The zero-order valence-electron chi connectivity index (χ0n) is 16.3. The van der Waals surface area contributed by atoms with E-state index in [9.17, 15) is 38.0 Å². The fraction of sp³-hybridized carbons (Fsp3) is 0.636. The summed E-state index contributed by atoms with van der Waals surface area (Å²) in [6.07, 6.45) is -2.45. The van der Waals surface area contributed by atoms with Crippen LogP contribution in [0, 0.1) is 6.92 Å². The second-order valence-electron chi connectivity index (χ2n) is 6.23.